The maximum absolute atomic E-state index is 10.6. The molecule has 0 atom stereocenters. The molecular weight excluding hydrogens is 372 g/mol. The van der Waals surface area contributed by atoms with E-state index in [4.69, 9.17) is 5.11 Å². The van der Waals surface area contributed by atoms with Crippen molar-refractivity contribution in [2.24, 2.45) is 0 Å². The van der Waals surface area contributed by atoms with E-state index in [0.29, 0.717) is 12.8 Å². The van der Waals surface area contributed by atoms with Gasteiger partial charge in [-0.2, -0.15) is 0 Å². The molecule has 0 aromatic carbocycles. The van der Waals surface area contributed by atoms with Crippen molar-refractivity contribution < 1.29 is 30.3 Å². The second kappa shape index (κ2) is 17.0. The Morgan fingerprint density at radius 2 is 0.828 bits per heavy atom. The van der Waals surface area contributed by atoms with Gasteiger partial charge in [-0.15, -0.1) is 0 Å². The molecule has 6 nitrogen and oxygen atoms in total. The molecule has 0 fully saturated rings. The van der Waals surface area contributed by atoms with Crippen LogP contribution in [0.3, 0.4) is 0 Å². The Kier molecular flexibility index (Phi) is 16.6. The molecule has 0 radical (unpaired) electrons. The zero-order valence-corrected chi connectivity index (χ0v) is 18.6. The van der Waals surface area contributed by atoms with Crippen molar-refractivity contribution in [1.82, 2.24) is 0 Å². The van der Waals surface area contributed by atoms with E-state index in [1.807, 2.05) is 0 Å². The average Bonchev–Trinajstić information content (AvgIpc) is 2.66. The predicted molar refractivity (Wildman–Crippen MR) is 115 cm³/mol. The topological polar surface area (TPSA) is 118 Å². The fourth-order valence-corrected chi connectivity index (χ4v) is 3.62. The van der Waals surface area contributed by atoms with Gasteiger partial charge in [-0.25, -0.2) is 4.79 Å². The van der Waals surface area contributed by atoms with E-state index < -0.39 is 17.5 Å². The summed E-state index contributed by atoms with van der Waals surface area (Å²) < 4.78 is 0. The Bertz CT molecular complexity index is 395. The molecule has 0 aliphatic heterocycles. The van der Waals surface area contributed by atoms with Crippen LogP contribution in [-0.2, 0) is 4.79 Å². The van der Waals surface area contributed by atoms with Gasteiger partial charge in [0.15, 0.2) is 0 Å². The Morgan fingerprint density at radius 1 is 0.552 bits per heavy atom. The summed E-state index contributed by atoms with van der Waals surface area (Å²) in [6.07, 6.45) is 21.3. The number of unbranched alkanes of at least 4 members (excludes halogenated alkanes) is 17. The molecule has 6 heteroatoms. The predicted octanol–water partition coefficient (Wildman–Crippen LogP) is 4.86. The van der Waals surface area contributed by atoms with Crippen LogP contribution in [0.1, 0.15) is 129 Å². The maximum atomic E-state index is 10.6. The van der Waals surface area contributed by atoms with Crippen molar-refractivity contribution in [3.8, 4) is 0 Å². The van der Waals surface area contributed by atoms with Crippen LogP contribution in [0, 0.1) is 0 Å². The largest absolute Gasteiger partial charge is 0.477 e. The number of carbonyl (C=O) groups is 1. The third-order valence-electron chi connectivity index (χ3n) is 5.74. The number of aliphatic hydroxyl groups is 4. The normalized spacial score (nSPS) is 12.4. The van der Waals surface area contributed by atoms with Crippen molar-refractivity contribution in [2.45, 2.75) is 140 Å². The minimum Gasteiger partial charge on any atom is -0.477 e. The van der Waals surface area contributed by atoms with Crippen molar-refractivity contribution in [1.29, 1.82) is 0 Å². The van der Waals surface area contributed by atoms with Crippen LogP contribution in [0.25, 0.3) is 0 Å². The average molecular weight is 419 g/mol. The zero-order valence-electron chi connectivity index (χ0n) is 18.6. The van der Waals surface area contributed by atoms with E-state index in [9.17, 15) is 25.2 Å². The lowest BCUT2D eigenvalue weighted by atomic mass is 9.98. The molecule has 0 saturated carbocycles. The van der Waals surface area contributed by atoms with Crippen molar-refractivity contribution in [2.75, 3.05) is 0 Å². The molecule has 0 heterocycles. The first-order valence-electron chi connectivity index (χ1n) is 11.9. The summed E-state index contributed by atoms with van der Waals surface area (Å²) in [4.78, 5) is 10.6. The first kappa shape index (κ1) is 28.3. The highest BCUT2D eigenvalue weighted by Gasteiger charge is 2.53. The van der Waals surface area contributed by atoms with Crippen LogP contribution in [0.5, 0.6) is 0 Å². The lowest BCUT2D eigenvalue weighted by Gasteiger charge is -2.31. The van der Waals surface area contributed by atoms with Gasteiger partial charge < -0.3 is 25.5 Å². The molecule has 0 aromatic heterocycles. The second-order valence-corrected chi connectivity index (χ2v) is 8.55. The number of rotatable bonds is 21. The Balaban J connectivity index is 3.35. The zero-order chi connectivity index (χ0) is 22.0. The summed E-state index contributed by atoms with van der Waals surface area (Å²) in [5.74, 6) is -8.64. The lowest BCUT2D eigenvalue weighted by Crippen LogP contribution is -2.59. The summed E-state index contributed by atoms with van der Waals surface area (Å²) in [7, 11) is 0. The molecule has 0 aliphatic rings. The molecule has 0 unspecified atom stereocenters. The Labute approximate surface area is 177 Å². The van der Waals surface area contributed by atoms with Gasteiger partial charge in [-0.05, 0) is 6.42 Å². The second-order valence-electron chi connectivity index (χ2n) is 8.55. The number of carboxylic acids is 1. The van der Waals surface area contributed by atoms with E-state index in [2.05, 4.69) is 6.92 Å². The number of hydrogen-bond donors (Lipinski definition) is 5. The molecule has 5 N–H and O–H groups in total. The first-order valence-corrected chi connectivity index (χ1v) is 11.9. The molecular formula is C23H46O6. The molecule has 0 saturated heterocycles. The standard InChI is InChI=1S/C23H46O6/c1-2-3-4-5-6-7-8-9-10-11-12-13-14-15-16-17-18-19-20-22(26,27)23(28,29)21(24)25/h26-29H,2-20H2,1H3,(H,24,25). The molecule has 0 aromatic rings. The SMILES string of the molecule is CCCCCCCCCCCCCCCCCCCCC(O)(O)C(O)(O)C(=O)O. The van der Waals surface area contributed by atoms with E-state index in [0.717, 1.165) is 19.3 Å². The highest BCUT2D eigenvalue weighted by molar-refractivity contribution is 5.76. The van der Waals surface area contributed by atoms with E-state index in [1.165, 1.54) is 83.5 Å². The summed E-state index contributed by atoms with van der Waals surface area (Å²) >= 11 is 0. The summed E-state index contributed by atoms with van der Waals surface area (Å²) in [6.45, 7) is 2.25. The van der Waals surface area contributed by atoms with Crippen LogP contribution in [0.4, 0.5) is 0 Å². The molecule has 0 amide bonds. The third kappa shape index (κ3) is 14.0. The third-order valence-corrected chi connectivity index (χ3v) is 5.74. The van der Waals surface area contributed by atoms with Gasteiger partial charge in [-0.1, -0.05) is 116 Å². The maximum Gasteiger partial charge on any atom is 0.370 e. The van der Waals surface area contributed by atoms with E-state index >= 15 is 0 Å². The van der Waals surface area contributed by atoms with Gasteiger partial charge in [-0.3, -0.25) is 0 Å². The highest BCUT2D eigenvalue weighted by Crippen LogP contribution is 2.24. The minimum absolute atomic E-state index is 0.335. The Hall–Kier alpha value is -0.690. The van der Waals surface area contributed by atoms with Crippen molar-refractivity contribution >= 4 is 5.97 Å². The molecule has 0 bridgehead atoms. The molecule has 0 spiro atoms. The van der Waals surface area contributed by atoms with E-state index in [1.54, 1.807) is 0 Å². The highest BCUT2D eigenvalue weighted by atomic mass is 16.6. The molecule has 0 rings (SSSR count). The lowest BCUT2D eigenvalue weighted by molar-refractivity contribution is -0.346. The van der Waals surface area contributed by atoms with E-state index in [-0.39, 0.29) is 6.42 Å². The van der Waals surface area contributed by atoms with Crippen LogP contribution in [0.15, 0.2) is 0 Å². The number of hydrogen-bond acceptors (Lipinski definition) is 5. The van der Waals surface area contributed by atoms with Gasteiger partial charge in [0.2, 0.25) is 5.79 Å². The van der Waals surface area contributed by atoms with Crippen molar-refractivity contribution in [3.05, 3.63) is 0 Å². The van der Waals surface area contributed by atoms with Crippen LogP contribution >= 0.6 is 0 Å². The number of aliphatic carboxylic acids is 1. The molecule has 29 heavy (non-hydrogen) atoms. The summed E-state index contributed by atoms with van der Waals surface area (Å²) in [5.41, 5.74) is 0. The van der Waals surface area contributed by atoms with Crippen molar-refractivity contribution in [3.63, 3.8) is 0 Å². The fourth-order valence-electron chi connectivity index (χ4n) is 3.62. The van der Waals surface area contributed by atoms with Crippen LogP contribution in [0.2, 0.25) is 0 Å². The van der Waals surface area contributed by atoms with Gasteiger partial charge in [0.05, 0.1) is 0 Å². The minimum atomic E-state index is -3.54. The molecule has 174 valence electrons. The van der Waals surface area contributed by atoms with Gasteiger partial charge >= 0.3 is 11.8 Å². The fraction of sp³-hybridized carbons (Fsp3) is 0.957. The van der Waals surface area contributed by atoms with Crippen LogP contribution in [-0.4, -0.2) is 43.1 Å². The summed E-state index contributed by atoms with van der Waals surface area (Å²) in [5, 5.41) is 46.1. The quantitative estimate of drug-likeness (QED) is 0.134. The number of carboxylic acid groups (broad SMARTS) is 1. The smallest absolute Gasteiger partial charge is 0.370 e. The molecule has 0 aliphatic carbocycles. The Morgan fingerprint density at radius 3 is 1.10 bits per heavy atom. The van der Waals surface area contributed by atoms with Crippen LogP contribution < -0.4 is 0 Å². The first-order chi connectivity index (χ1) is 13.8. The van der Waals surface area contributed by atoms with Gasteiger partial charge in [0, 0.05) is 6.42 Å². The van der Waals surface area contributed by atoms with Gasteiger partial charge in [0.1, 0.15) is 0 Å². The van der Waals surface area contributed by atoms with Gasteiger partial charge in [0.25, 0.3) is 0 Å². The summed E-state index contributed by atoms with van der Waals surface area (Å²) in [6, 6.07) is 0. The monoisotopic (exact) mass is 418 g/mol.